The second-order valence-corrected chi connectivity index (χ2v) is 13.9. The quantitative estimate of drug-likeness (QED) is 0.171. The number of pyridine rings is 1. The predicted molar refractivity (Wildman–Crippen MR) is 204 cm³/mol. The number of benzene rings is 3. The van der Waals surface area contributed by atoms with Crippen molar-refractivity contribution in [3.8, 4) is 0 Å². The molecule has 2 N–H and O–H groups in total. The van der Waals surface area contributed by atoms with Gasteiger partial charge in [0.1, 0.15) is 0 Å². The normalized spacial score (nSPS) is 16.5. The number of rotatable bonds is 10. The van der Waals surface area contributed by atoms with Crippen LogP contribution in [0.2, 0.25) is 5.02 Å². The molecule has 0 atom stereocenters. The molecular weight excluding hydrogens is 691 g/mol. The van der Waals surface area contributed by atoms with Crippen molar-refractivity contribution < 1.29 is 14.7 Å². The molecule has 2 fully saturated rings. The molecular formula is C40H47Cl3N4O3. The van der Waals surface area contributed by atoms with Crippen LogP contribution in [0, 0.1) is 5.92 Å². The van der Waals surface area contributed by atoms with Crippen LogP contribution in [0.5, 0.6) is 0 Å². The number of amides is 3. The second kappa shape index (κ2) is 18.2. The van der Waals surface area contributed by atoms with Gasteiger partial charge in [-0.1, -0.05) is 84.4 Å². The summed E-state index contributed by atoms with van der Waals surface area (Å²) in [4.78, 5) is 33.8. The zero-order valence-corrected chi connectivity index (χ0v) is 30.6. The molecule has 0 radical (unpaired) electrons. The van der Waals surface area contributed by atoms with Crippen molar-refractivity contribution in [2.24, 2.45) is 5.92 Å². The first-order chi connectivity index (χ1) is 23.3. The van der Waals surface area contributed by atoms with Crippen molar-refractivity contribution in [3.63, 3.8) is 0 Å². The zero-order valence-electron chi connectivity index (χ0n) is 28.3. The standard InChI is InChI=1S/C40H45ClN4O3.2ClH/c41-36-16-14-35(15-17-36)40(48)21-27-44(28-22-40)24-8-20-39(33-10-3-1-4-11-33,34-12-5-2-6-13-34)29-31-18-25-45(26-19-31)38(47)43-37(46)32-9-7-23-42-30-32;;/h1-7,9-17,23,30-31,48H,8,18-22,24-29H2,(H,43,46,47);2*1H. The second-order valence-electron chi connectivity index (χ2n) is 13.4. The highest BCUT2D eigenvalue weighted by molar-refractivity contribution is 6.30. The molecule has 7 nitrogen and oxygen atoms in total. The maximum atomic E-state index is 13.0. The molecule has 3 aromatic carbocycles. The van der Waals surface area contributed by atoms with E-state index in [1.165, 1.54) is 17.3 Å². The van der Waals surface area contributed by atoms with Crippen molar-refractivity contribution in [2.75, 3.05) is 32.7 Å². The minimum atomic E-state index is -0.809. The Morgan fingerprint density at radius 3 is 2.00 bits per heavy atom. The third-order valence-electron chi connectivity index (χ3n) is 10.5. The topological polar surface area (TPSA) is 85.8 Å². The van der Waals surface area contributed by atoms with E-state index in [1.54, 1.807) is 23.2 Å². The number of hydrogen-bond donors (Lipinski definition) is 2. The van der Waals surface area contributed by atoms with E-state index in [0.29, 0.717) is 42.4 Å². The lowest BCUT2D eigenvalue weighted by molar-refractivity contribution is -0.0263. The Labute approximate surface area is 313 Å². The van der Waals surface area contributed by atoms with Crippen LogP contribution >= 0.6 is 36.4 Å². The molecule has 0 saturated carbocycles. The minimum absolute atomic E-state index is 0. The number of nitrogens with one attached hydrogen (secondary N) is 1. The molecule has 2 aliphatic heterocycles. The Morgan fingerprint density at radius 2 is 1.44 bits per heavy atom. The van der Waals surface area contributed by atoms with E-state index in [0.717, 1.165) is 57.3 Å². The molecule has 1 aromatic heterocycles. The summed E-state index contributed by atoms with van der Waals surface area (Å²) in [5.41, 5.74) is 2.99. The van der Waals surface area contributed by atoms with Crippen molar-refractivity contribution in [2.45, 2.75) is 56.0 Å². The van der Waals surface area contributed by atoms with E-state index in [2.05, 4.69) is 75.9 Å². The molecule has 266 valence electrons. The first-order valence-corrected chi connectivity index (χ1v) is 17.5. The molecule has 4 aromatic rings. The van der Waals surface area contributed by atoms with Crippen LogP contribution < -0.4 is 5.32 Å². The van der Waals surface area contributed by atoms with Crippen LogP contribution in [0.1, 0.15) is 72.0 Å². The van der Waals surface area contributed by atoms with Crippen LogP contribution in [-0.2, 0) is 11.0 Å². The van der Waals surface area contributed by atoms with Gasteiger partial charge in [-0.2, -0.15) is 0 Å². The Morgan fingerprint density at radius 1 is 0.840 bits per heavy atom. The van der Waals surface area contributed by atoms with Crippen molar-refractivity contribution in [3.05, 3.63) is 137 Å². The summed E-state index contributed by atoms with van der Waals surface area (Å²) in [6.45, 7) is 3.91. The average Bonchev–Trinajstić information content (AvgIpc) is 3.13. The molecule has 2 aliphatic rings. The van der Waals surface area contributed by atoms with Gasteiger partial charge in [0.15, 0.2) is 0 Å². The largest absolute Gasteiger partial charge is 0.385 e. The number of hydrogen-bond acceptors (Lipinski definition) is 5. The Kier molecular flexibility index (Phi) is 14.3. The van der Waals surface area contributed by atoms with Crippen molar-refractivity contribution >= 4 is 48.4 Å². The molecule has 0 spiro atoms. The summed E-state index contributed by atoms with van der Waals surface area (Å²) < 4.78 is 0. The maximum absolute atomic E-state index is 13.0. The molecule has 50 heavy (non-hydrogen) atoms. The van der Waals surface area contributed by atoms with Gasteiger partial charge in [-0.05, 0) is 98.4 Å². The smallest absolute Gasteiger partial charge is 0.324 e. The van der Waals surface area contributed by atoms with Crippen molar-refractivity contribution in [1.82, 2.24) is 20.1 Å². The van der Waals surface area contributed by atoms with E-state index in [4.69, 9.17) is 11.6 Å². The number of likely N-dealkylation sites (tertiary alicyclic amines) is 2. The van der Waals surface area contributed by atoms with E-state index < -0.39 is 11.5 Å². The molecule has 0 unspecified atom stereocenters. The monoisotopic (exact) mass is 736 g/mol. The molecule has 2 saturated heterocycles. The van der Waals surface area contributed by atoms with Gasteiger partial charge in [-0.25, -0.2) is 4.79 Å². The Bertz CT molecular complexity index is 1590. The molecule has 3 heterocycles. The summed E-state index contributed by atoms with van der Waals surface area (Å²) >= 11 is 6.10. The van der Waals surface area contributed by atoms with Gasteiger partial charge in [0, 0.05) is 49.0 Å². The summed E-state index contributed by atoms with van der Waals surface area (Å²) in [6, 6.07) is 32.4. The Hall–Kier alpha value is -3.46. The Balaban J connectivity index is 0.00000281. The molecule has 0 aliphatic carbocycles. The number of nitrogens with zero attached hydrogens (tertiary/aromatic N) is 3. The van der Waals surface area contributed by atoms with Gasteiger partial charge >= 0.3 is 6.03 Å². The fourth-order valence-corrected chi connectivity index (χ4v) is 7.81. The van der Waals surface area contributed by atoms with Crippen LogP contribution in [0.3, 0.4) is 0 Å². The molecule has 6 rings (SSSR count). The number of carbonyl (C=O) groups is 2. The number of aliphatic hydroxyl groups is 1. The first kappa shape index (κ1) is 39.3. The van der Waals surface area contributed by atoms with Gasteiger partial charge in [0.05, 0.1) is 11.2 Å². The number of carbonyl (C=O) groups excluding carboxylic acids is 2. The fraction of sp³-hybridized carbons (Fsp3) is 0.375. The maximum Gasteiger partial charge on any atom is 0.324 e. The molecule has 0 bridgehead atoms. The van der Waals surface area contributed by atoms with Crippen LogP contribution in [0.15, 0.2) is 109 Å². The molecule has 3 amide bonds. The number of aromatic nitrogens is 1. The highest BCUT2D eigenvalue weighted by Crippen LogP contribution is 2.44. The average molecular weight is 738 g/mol. The summed E-state index contributed by atoms with van der Waals surface area (Å²) in [7, 11) is 0. The van der Waals surface area contributed by atoms with E-state index in [9.17, 15) is 14.7 Å². The van der Waals surface area contributed by atoms with E-state index in [-0.39, 0.29) is 36.3 Å². The molecule has 10 heteroatoms. The number of imide groups is 1. The number of halogens is 3. The number of urea groups is 1. The van der Waals surface area contributed by atoms with E-state index >= 15 is 0 Å². The lowest BCUT2D eigenvalue weighted by Gasteiger charge is -2.42. The lowest BCUT2D eigenvalue weighted by Crippen LogP contribution is -2.47. The SMILES string of the molecule is Cl.Cl.O=C(NC(=O)N1CCC(CC(CCCN2CCC(O)(c3ccc(Cl)cc3)CC2)(c2ccccc2)c2ccccc2)CC1)c1cccnc1. The minimum Gasteiger partial charge on any atom is -0.385 e. The summed E-state index contributed by atoms with van der Waals surface area (Å²) in [5.74, 6) is -0.00128. The van der Waals surface area contributed by atoms with Crippen LogP contribution in [0.4, 0.5) is 4.79 Å². The zero-order chi connectivity index (χ0) is 33.4. The number of piperidine rings is 2. The van der Waals surface area contributed by atoms with Gasteiger partial charge in [0.2, 0.25) is 0 Å². The van der Waals surface area contributed by atoms with E-state index in [1.807, 2.05) is 24.3 Å². The lowest BCUT2D eigenvalue weighted by atomic mass is 9.65. The van der Waals surface area contributed by atoms with Gasteiger partial charge < -0.3 is 14.9 Å². The summed E-state index contributed by atoms with van der Waals surface area (Å²) in [6.07, 6.45) is 9.26. The van der Waals surface area contributed by atoms with Crippen LogP contribution in [-0.4, -0.2) is 64.6 Å². The highest BCUT2D eigenvalue weighted by atomic mass is 35.5. The third kappa shape index (κ3) is 9.45. The van der Waals surface area contributed by atoms with Crippen LogP contribution in [0.25, 0.3) is 0 Å². The van der Waals surface area contributed by atoms with Gasteiger partial charge in [-0.15, -0.1) is 24.8 Å². The van der Waals surface area contributed by atoms with Crippen molar-refractivity contribution in [1.29, 1.82) is 0 Å². The highest BCUT2D eigenvalue weighted by Gasteiger charge is 2.39. The summed E-state index contributed by atoms with van der Waals surface area (Å²) in [5, 5.41) is 14.6. The third-order valence-corrected chi connectivity index (χ3v) is 10.7. The predicted octanol–water partition coefficient (Wildman–Crippen LogP) is 8.28. The van der Waals surface area contributed by atoms with Gasteiger partial charge in [-0.3, -0.25) is 15.1 Å². The fourth-order valence-electron chi connectivity index (χ4n) is 7.69. The van der Waals surface area contributed by atoms with Gasteiger partial charge in [0.25, 0.3) is 5.91 Å². The first-order valence-electron chi connectivity index (χ1n) is 17.2.